The van der Waals surface area contributed by atoms with Crippen LogP contribution >= 0.6 is 58.0 Å². The highest BCUT2D eigenvalue weighted by atomic mass is 35.5. The van der Waals surface area contributed by atoms with E-state index < -0.39 is 0 Å². The van der Waals surface area contributed by atoms with Crippen molar-refractivity contribution < 1.29 is 0 Å². The van der Waals surface area contributed by atoms with Crippen LogP contribution in [-0.2, 0) is 19.5 Å². The van der Waals surface area contributed by atoms with Gasteiger partial charge in [-0.25, -0.2) is 34.9 Å². The molecular weight excluding hydrogens is 1800 g/mol. The van der Waals surface area contributed by atoms with Crippen LogP contribution in [0.5, 0.6) is 0 Å². The molecule has 4 N–H and O–H groups in total. The number of halogens is 5. The van der Waals surface area contributed by atoms with Gasteiger partial charge >= 0.3 is 0 Å². The summed E-state index contributed by atoms with van der Waals surface area (Å²) in [6.45, 7) is 21.8. The lowest BCUT2D eigenvalue weighted by molar-refractivity contribution is 0.759. The van der Waals surface area contributed by atoms with Crippen LogP contribution in [0.15, 0.2) is 244 Å². The van der Waals surface area contributed by atoms with Gasteiger partial charge in [-0.05, 0) is 182 Å². The van der Waals surface area contributed by atoms with E-state index in [0.29, 0.717) is 66.9 Å². The molecular formula is C94H90Cl5N35. The number of aromatic nitrogens is 28. The molecule has 0 spiro atoms. The van der Waals surface area contributed by atoms with E-state index in [1.165, 1.54) is 16.8 Å². The molecule has 0 aliphatic carbocycles. The molecule has 22 rings (SSSR count). The number of nitrogens with zero attached hydrogens (tertiary/aromatic N) is 31. The van der Waals surface area contributed by atoms with Gasteiger partial charge in [0.1, 0.15) is 40.8 Å². The van der Waals surface area contributed by atoms with Crippen LogP contribution in [0.2, 0.25) is 25.1 Å². The SMILES string of the molecule is Cc1ccc(CNc2nccn3c(C)nnc23)cc1Cl.Cc1ccc(Cl)c(Nc2nccn3c(C)nnc23)c1.Cc1ccccc1Nc1nccn2c(C)nnc12.Cc1nnc2c(N(C)Cc3ccccc3)nccn12.Cc1nnc2c(N(C)c3cccc(Cl)c3)nccn12.Cc1nnc2c(N3CCCc4ccccc43)nccn12.Cc1nnc2c(Nc3cc(Cl)ccc3Cl)nccn12. The summed E-state index contributed by atoms with van der Waals surface area (Å²) in [5, 5.41) is 73.7. The number of hydrogen-bond donors (Lipinski definition) is 4. The molecule has 0 fully saturated rings. The zero-order valence-electron chi connectivity index (χ0n) is 74.9. The molecule has 0 unspecified atom stereocenters. The molecule has 7 aromatic carbocycles. The number of rotatable bonds is 15. The van der Waals surface area contributed by atoms with Gasteiger partial charge in [0.15, 0.2) is 40.7 Å². The minimum absolute atomic E-state index is 0.560. The van der Waals surface area contributed by atoms with Gasteiger partial charge in [-0.15, -0.1) is 71.4 Å². The van der Waals surface area contributed by atoms with Gasteiger partial charge in [-0.2, -0.15) is 0 Å². The monoisotopic (exact) mass is 1880 g/mol. The van der Waals surface area contributed by atoms with Gasteiger partial charge in [0, 0.05) is 153 Å². The van der Waals surface area contributed by atoms with Crippen molar-refractivity contribution in [2.75, 3.05) is 56.6 Å². The highest BCUT2D eigenvalue weighted by Gasteiger charge is 2.24. The molecule has 676 valence electrons. The molecule has 40 heteroatoms. The van der Waals surface area contributed by atoms with E-state index in [1.807, 2.05) is 253 Å². The summed E-state index contributed by atoms with van der Waals surface area (Å²) in [4.78, 5) is 36.8. The molecule has 0 saturated carbocycles. The molecule has 21 aromatic rings. The molecule has 0 saturated heterocycles. The number of anilines is 12. The fourth-order valence-corrected chi connectivity index (χ4v) is 15.4. The summed E-state index contributed by atoms with van der Waals surface area (Å²) in [6, 6.07) is 51.5. The Hall–Kier alpha value is -15.6. The predicted octanol–water partition coefficient (Wildman–Crippen LogP) is 19.6. The van der Waals surface area contributed by atoms with Gasteiger partial charge in [-0.1, -0.05) is 149 Å². The van der Waals surface area contributed by atoms with Gasteiger partial charge < -0.3 is 36.0 Å². The first kappa shape index (κ1) is 91.7. The molecule has 35 nitrogen and oxygen atoms in total. The maximum atomic E-state index is 6.17. The van der Waals surface area contributed by atoms with Gasteiger partial charge in [0.25, 0.3) is 0 Å². The Bertz CT molecular complexity index is 7570. The first-order chi connectivity index (χ1) is 65.0. The maximum absolute atomic E-state index is 6.17. The van der Waals surface area contributed by atoms with Crippen LogP contribution in [0.3, 0.4) is 0 Å². The number of aryl methyl sites for hydroxylation is 11. The lowest BCUT2D eigenvalue weighted by Crippen LogP contribution is -2.25. The second kappa shape index (κ2) is 41.7. The number of hydrogen-bond acceptors (Lipinski definition) is 28. The van der Waals surface area contributed by atoms with Crippen LogP contribution in [0.4, 0.5) is 69.2 Å². The zero-order chi connectivity index (χ0) is 93.6. The van der Waals surface area contributed by atoms with Crippen molar-refractivity contribution in [3.63, 3.8) is 0 Å². The van der Waals surface area contributed by atoms with Gasteiger partial charge in [0.2, 0.25) is 39.5 Å². The van der Waals surface area contributed by atoms with Gasteiger partial charge in [0.05, 0.1) is 21.4 Å². The first-order valence-electron chi connectivity index (χ1n) is 42.3. The van der Waals surface area contributed by atoms with Crippen molar-refractivity contribution in [3.8, 4) is 0 Å². The molecule has 0 atom stereocenters. The molecule has 0 bridgehead atoms. The van der Waals surface area contributed by atoms with Crippen molar-refractivity contribution >= 4 is 167 Å². The third-order valence-corrected chi connectivity index (χ3v) is 23.1. The summed E-state index contributed by atoms with van der Waals surface area (Å²) < 4.78 is 13.4. The Morgan fingerprint density at radius 2 is 0.776 bits per heavy atom. The highest BCUT2D eigenvalue weighted by Crippen LogP contribution is 2.36. The standard InChI is InChI=1S/C15H15N5.C14H14ClN5.C14H15N5.2C13H12ClN5.C13H13N5.C12H9Cl2N5/c1-11-17-18-15-14(16-8-10-19(11)15)20-9-4-6-12-5-2-3-7-13(12)20;1-9-3-4-11(7-12(9)15)8-17-13-14-19-18-10(2)20(14)6-5-16-13;1-11-16-17-14-13(15-8-9-19(11)14)18(2)10-12-6-4-3-5-7-12;1-8-3-4-10(14)11(7-8)16-12-13-18-17-9(2)19(13)6-5-15-12;1-9-16-17-13-12(15-6-7-19(9)13)18(2)11-5-3-4-10(14)8-11;1-9-5-3-4-6-11(9)15-12-13-17-16-10(2)18(13)8-7-14-12;1-7-17-18-12-11(15-4-5-19(7)12)16-10-6-8(13)2-3-9(10)14/h2-3,5,7-8,10H,4,6,9H2,1H3;3-7H,8H2,1-2H3,(H,16,17);3-9H,10H2,1-2H3;3-7H,1-2H3,(H,15,16);3-8H,1-2H3;3-8H,1-2H3,(H,14,15);2-6H,1H3,(H,15,16). The van der Waals surface area contributed by atoms with Crippen LogP contribution < -0.4 is 36.0 Å². The highest BCUT2D eigenvalue weighted by molar-refractivity contribution is 6.35. The van der Waals surface area contributed by atoms with Crippen molar-refractivity contribution in [1.29, 1.82) is 0 Å². The van der Waals surface area contributed by atoms with Crippen LogP contribution in [0, 0.1) is 69.2 Å². The zero-order valence-corrected chi connectivity index (χ0v) is 78.7. The van der Waals surface area contributed by atoms with Crippen molar-refractivity contribution in [1.82, 2.24) is 137 Å². The van der Waals surface area contributed by atoms with Crippen LogP contribution in [-0.4, -0.2) is 158 Å². The normalized spacial score (nSPS) is 11.4. The number of benzene rings is 7. The average Bonchev–Trinajstić information content (AvgIpc) is 1.67. The fourth-order valence-electron chi connectivity index (χ4n) is 14.5. The fraction of sp³-hybridized carbons (Fsp3) is 0.181. The minimum atomic E-state index is 0.560. The van der Waals surface area contributed by atoms with E-state index in [9.17, 15) is 0 Å². The third-order valence-electron chi connectivity index (χ3n) is 21.6. The van der Waals surface area contributed by atoms with Gasteiger partial charge in [-0.3, -0.25) is 30.8 Å². The Morgan fingerprint density at radius 3 is 1.33 bits per heavy atom. The van der Waals surface area contributed by atoms with E-state index in [1.54, 1.807) is 61.6 Å². The molecule has 0 amide bonds. The quantitative estimate of drug-likeness (QED) is 0.0740. The van der Waals surface area contributed by atoms with E-state index in [2.05, 4.69) is 187 Å². The molecule has 0 radical (unpaired) electrons. The topological polar surface area (TPSA) is 359 Å². The maximum Gasteiger partial charge on any atom is 0.204 e. The number of para-hydroxylation sites is 2. The Kier molecular flexibility index (Phi) is 28.5. The molecule has 134 heavy (non-hydrogen) atoms. The second-order valence-electron chi connectivity index (χ2n) is 30.9. The number of nitrogens with one attached hydrogen (secondary N) is 4. The summed E-state index contributed by atoms with van der Waals surface area (Å²) in [5.74, 6) is 11.0. The molecule has 1 aliphatic rings. The summed E-state index contributed by atoms with van der Waals surface area (Å²) in [6.07, 6.45) is 27.4. The Labute approximate surface area is 794 Å². The number of fused-ring (bicyclic) bond motifs is 8. The van der Waals surface area contributed by atoms with E-state index >= 15 is 0 Å². The Morgan fingerprint density at radius 1 is 0.336 bits per heavy atom. The molecule has 1 aliphatic heterocycles. The minimum Gasteiger partial charge on any atom is -0.363 e. The first-order valence-corrected chi connectivity index (χ1v) is 44.2. The lowest BCUT2D eigenvalue weighted by atomic mass is 10.0. The van der Waals surface area contributed by atoms with Crippen molar-refractivity contribution in [2.45, 2.75) is 95.2 Å². The average molecular weight is 1890 g/mol. The van der Waals surface area contributed by atoms with Crippen molar-refractivity contribution in [2.24, 2.45) is 0 Å². The van der Waals surface area contributed by atoms with E-state index in [4.69, 9.17) is 58.0 Å². The lowest BCUT2D eigenvalue weighted by Gasteiger charge is -2.30. The summed E-state index contributed by atoms with van der Waals surface area (Å²) in [7, 11) is 3.94. The van der Waals surface area contributed by atoms with E-state index in [-0.39, 0.29) is 0 Å². The van der Waals surface area contributed by atoms with Crippen LogP contribution in [0.25, 0.3) is 39.5 Å². The van der Waals surface area contributed by atoms with E-state index in [0.717, 1.165) is 157 Å². The van der Waals surface area contributed by atoms with Crippen LogP contribution in [0.1, 0.15) is 80.6 Å². The third kappa shape index (κ3) is 21.1. The second-order valence-corrected chi connectivity index (χ2v) is 33.0. The Balaban J connectivity index is 0.000000114. The van der Waals surface area contributed by atoms with Crippen molar-refractivity contribution in [3.05, 3.63) is 344 Å². The molecule has 14 aromatic heterocycles. The smallest absolute Gasteiger partial charge is 0.204 e. The molecule has 15 heterocycles. The summed E-state index contributed by atoms with van der Waals surface area (Å²) >= 11 is 30.4. The largest absolute Gasteiger partial charge is 0.363 e. The summed E-state index contributed by atoms with van der Waals surface area (Å²) in [5.41, 5.74) is 16.9. The predicted molar refractivity (Wildman–Crippen MR) is 526 cm³/mol.